The third-order valence-electron chi connectivity index (χ3n) is 3.45. The fourth-order valence-electron chi connectivity index (χ4n) is 2.55. The zero-order chi connectivity index (χ0) is 15.6. The van der Waals surface area contributed by atoms with E-state index in [-0.39, 0.29) is 11.9 Å². The quantitative estimate of drug-likeness (QED) is 0.878. The van der Waals surface area contributed by atoms with Crippen molar-refractivity contribution < 1.29 is 13.2 Å². The van der Waals surface area contributed by atoms with E-state index in [0.717, 1.165) is 16.3 Å². The Morgan fingerprint density at radius 3 is 2.43 bits per heavy atom. The van der Waals surface area contributed by atoms with Crippen molar-refractivity contribution in [1.29, 1.82) is 0 Å². The summed E-state index contributed by atoms with van der Waals surface area (Å²) in [7, 11) is -3.18. The molecule has 1 N–H and O–H groups in total. The molecule has 21 heavy (non-hydrogen) atoms. The number of nitrogens with zero attached hydrogens (tertiary/aromatic N) is 1. The summed E-state index contributed by atoms with van der Waals surface area (Å²) in [6.45, 7) is 3.08. The summed E-state index contributed by atoms with van der Waals surface area (Å²) in [5.74, 6) is -0.00259. The molecule has 0 aromatic heterocycles. The molecule has 1 saturated heterocycles. The van der Waals surface area contributed by atoms with E-state index in [1.807, 2.05) is 25.1 Å². The molecule has 5 nitrogen and oxygen atoms in total. The second kappa shape index (κ2) is 6.46. The van der Waals surface area contributed by atoms with Crippen molar-refractivity contribution in [2.75, 3.05) is 19.3 Å². The summed E-state index contributed by atoms with van der Waals surface area (Å²) >= 11 is 3.40. The van der Waals surface area contributed by atoms with Crippen molar-refractivity contribution in [3.8, 4) is 0 Å². The molecule has 1 amide bonds. The molecule has 0 saturated carbocycles. The van der Waals surface area contributed by atoms with Crippen molar-refractivity contribution >= 4 is 31.9 Å². The lowest BCUT2D eigenvalue weighted by molar-refractivity contribution is 0.0711. The number of amides is 1. The molecule has 1 aromatic carbocycles. The van der Waals surface area contributed by atoms with Crippen LogP contribution in [-0.4, -0.2) is 44.6 Å². The van der Waals surface area contributed by atoms with Crippen LogP contribution in [0.1, 0.15) is 28.8 Å². The average Bonchev–Trinajstić information content (AvgIpc) is 2.35. The minimum absolute atomic E-state index is 0.00259. The van der Waals surface area contributed by atoms with Gasteiger partial charge in [-0.05, 0) is 43.5 Å². The molecular formula is C14H19BrN2O3S. The van der Waals surface area contributed by atoms with Crippen LogP contribution in [-0.2, 0) is 10.0 Å². The number of hydrogen-bond acceptors (Lipinski definition) is 3. The normalized spacial score (nSPS) is 17.0. The summed E-state index contributed by atoms with van der Waals surface area (Å²) in [5.41, 5.74) is 1.69. The van der Waals surface area contributed by atoms with Gasteiger partial charge in [-0.3, -0.25) is 4.79 Å². The Morgan fingerprint density at radius 2 is 1.90 bits per heavy atom. The smallest absolute Gasteiger partial charge is 0.253 e. The van der Waals surface area contributed by atoms with Crippen LogP contribution < -0.4 is 4.72 Å². The van der Waals surface area contributed by atoms with Gasteiger partial charge in [0.1, 0.15) is 0 Å². The highest BCUT2D eigenvalue weighted by Gasteiger charge is 2.25. The minimum Gasteiger partial charge on any atom is -0.339 e. The molecular weight excluding hydrogens is 356 g/mol. The van der Waals surface area contributed by atoms with Crippen LogP contribution in [0.25, 0.3) is 0 Å². The van der Waals surface area contributed by atoms with Gasteiger partial charge >= 0.3 is 0 Å². The van der Waals surface area contributed by atoms with E-state index >= 15 is 0 Å². The molecule has 7 heteroatoms. The Morgan fingerprint density at radius 1 is 1.29 bits per heavy atom. The van der Waals surface area contributed by atoms with E-state index in [0.29, 0.717) is 31.5 Å². The first kappa shape index (κ1) is 16.5. The number of hydrogen-bond donors (Lipinski definition) is 1. The Hall–Kier alpha value is -0.920. The van der Waals surface area contributed by atoms with Crippen molar-refractivity contribution in [3.05, 3.63) is 33.8 Å². The number of benzene rings is 1. The highest BCUT2D eigenvalue weighted by molar-refractivity contribution is 9.10. The van der Waals surface area contributed by atoms with Crippen LogP contribution in [0.15, 0.2) is 22.7 Å². The summed E-state index contributed by atoms with van der Waals surface area (Å²) < 4.78 is 25.9. The molecule has 1 aliphatic rings. The van der Waals surface area contributed by atoms with Crippen LogP contribution in [0.5, 0.6) is 0 Å². The van der Waals surface area contributed by atoms with Crippen LogP contribution in [0.4, 0.5) is 0 Å². The lowest BCUT2D eigenvalue weighted by atomic mass is 10.0. The zero-order valence-corrected chi connectivity index (χ0v) is 14.5. The van der Waals surface area contributed by atoms with Gasteiger partial charge < -0.3 is 4.90 Å². The van der Waals surface area contributed by atoms with E-state index in [2.05, 4.69) is 20.7 Å². The average molecular weight is 375 g/mol. The van der Waals surface area contributed by atoms with Crippen molar-refractivity contribution in [1.82, 2.24) is 9.62 Å². The van der Waals surface area contributed by atoms with Gasteiger partial charge in [-0.15, -0.1) is 0 Å². The van der Waals surface area contributed by atoms with Gasteiger partial charge in [-0.1, -0.05) is 15.9 Å². The fraction of sp³-hybridized carbons (Fsp3) is 0.500. The standard InChI is InChI=1S/C14H19BrN2O3S/c1-10-7-11(9-12(15)8-10)14(18)17-5-3-13(4-6-17)16-21(2,19)20/h7-9,13,16H,3-6H2,1-2H3. The van der Waals surface area contributed by atoms with Gasteiger partial charge in [0.2, 0.25) is 10.0 Å². The lowest BCUT2D eigenvalue weighted by Crippen LogP contribution is -2.46. The molecule has 0 radical (unpaired) electrons. The molecule has 0 unspecified atom stereocenters. The number of halogens is 1. The van der Waals surface area contributed by atoms with E-state index in [4.69, 9.17) is 0 Å². The number of carbonyl (C=O) groups excluding carboxylic acids is 1. The first-order valence-corrected chi connectivity index (χ1v) is 9.47. The summed E-state index contributed by atoms with van der Waals surface area (Å²) in [5, 5.41) is 0. The SMILES string of the molecule is Cc1cc(Br)cc(C(=O)N2CCC(NS(C)(=O)=O)CC2)c1. The highest BCUT2D eigenvalue weighted by atomic mass is 79.9. The van der Waals surface area contributed by atoms with Gasteiger partial charge in [-0.25, -0.2) is 13.1 Å². The number of sulfonamides is 1. The van der Waals surface area contributed by atoms with Gasteiger partial charge in [0, 0.05) is 29.2 Å². The highest BCUT2D eigenvalue weighted by Crippen LogP contribution is 2.19. The molecule has 1 fully saturated rings. The van der Waals surface area contributed by atoms with Crippen molar-refractivity contribution in [2.45, 2.75) is 25.8 Å². The maximum absolute atomic E-state index is 12.5. The zero-order valence-electron chi connectivity index (χ0n) is 12.1. The largest absolute Gasteiger partial charge is 0.339 e. The van der Waals surface area contributed by atoms with Gasteiger partial charge in [0.15, 0.2) is 0 Å². The Balaban J connectivity index is 2.00. The first-order valence-electron chi connectivity index (χ1n) is 6.78. The molecule has 1 aromatic rings. The molecule has 1 heterocycles. The molecule has 0 spiro atoms. The van der Waals surface area contributed by atoms with Crippen LogP contribution in [0.2, 0.25) is 0 Å². The minimum atomic E-state index is -3.18. The number of aryl methyl sites for hydroxylation is 1. The number of carbonyl (C=O) groups is 1. The maximum atomic E-state index is 12.5. The molecule has 0 aliphatic carbocycles. The molecule has 1 aliphatic heterocycles. The molecule has 0 bridgehead atoms. The predicted octanol–water partition coefficient (Wildman–Crippen LogP) is 1.91. The Bertz CT molecular complexity index is 617. The Labute approximate surface area is 133 Å². The molecule has 0 atom stereocenters. The fourth-order valence-corrected chi connectivity index (χ4v) is 3.99. The van der Waals surface area contributed by atoms with Crippen LogP contribution in [0.3, 0.4) is 0 Å². The van der Waals surface area contributed by atoms with Gasteiger partial charge in [0.05, 0.1) is 6.26 Å². The maximum Gasteiger partial charge on any atom is 0.253 e. The van der Waals surface area contributed by atoms with Crippen LogP contribution in [0, 0.1) is 6.92 Å². The summed E-state index contributed by atoms with van der Waals surface area (Å²) in [6.07, 6.45) is 2.45. The summed E-state index contributed by atoms with van der Waals surface area (Å²) in [6, 6.07) is 5.57. The second-order valence-corrected chi connectivity index (χ2v) is 8.17. The molecule has 116 valence electrons. The number of rotatable bonds is 3. The van der Waals surface area contributed by atoms with E-state index in [1.54, 1.807) is 4.90 Å². The van der Waals surface area contributed by atoms with Crippen molar-refractivity contribution in [3.63, 3.8) is 0 Å². The van der Waals surface area contributed by atoms with E-state index in [9.17, 15) is 13.2 Å². The third-order valence-corrected chi connectivity index (χ3v) is 4.67. The number of nitrogens with one attached hydrogen (secondary N) is 1. The van der Waals surface area contributed by atoms with Crippen LogP contribution >= 0.6 is 15.9 Å². The monoisotopic (exact) mass is 374 g/mol. The molecule has 2 rings (SSSR count). The second-order valence-electron chi connectivity index (χ2n) is 5.47. The van der Waals surface area contributed by atoms with E-state index < -0.39 is 10.0 Å². The number of piperidine rings is 1. The van der Waals surface area contributed by atoms with E-state index in [1.165, 1.54) is 0 Å². The van der Waals surface area contributed by atoms with Gasteiger partial charge in [0.25, 0.3) is 5.91 Å². The van der Waals surface area contributed by atoms with Gasteiger partial charge in [-0.2, -0.15) is 0 Å². The first-order chi connectivity index (χ1) is 9.74. The predicted molar refractivity (Wildman–Crippen MR) is 85.8 cm³/mol. The summed E-state index contributed by atoms with van der Waals surface area (Å²) in [4.78, 5) is 14.2. The van der Waals surface area contributed by atoms with Crippen molar-refractivity contribution in [2.24, 2.45) is 0 Å². The number of likely N-dealkylation sites (tertiary alicyclic amines) is 1. The Kier molecular flexibility index (Phi) is 5.06. The third kappa shape index (κ3) is 4.79. The lowest BCUT2D eigenvalue weighted by Gasteiger charge is -2.32. The topological polar surface area (TPSA) is 66.5 Å².